The van der Waals surface area contributed by atoms with Crippen molar-refractivity contribution in [2.75, 3.05) is 12.4 Å². The van der Waals surface area contributed by atoms with Gasteiger partial charge < -0.3 is 4.74 Å². The summed E-state index contributed by atoms with van der Waals surface area (Å²) in [4.78, 5) is 41.6. The van der Waals surface area contributed by atoms with Crippen LogP contribution < -0.4 is 5.43 Å². The van der Waals surface area contributed by atoms with Crippen LogP contribution in [0.4, 0.5) is 0 Å². The van der Waals surface area contributed by atoms with Gasteiger partial charge in [-0.25, -0.2) is 5.01 Å². The molecule has 1 aromatic rings. The van der Waals surface area contributed by atoms with Crippen molar-refractivity contribution in [3.05, 3.63) is 47.7 Å². The van der Waals surface area contributed by atoms with Crippen LogP contribution in [0.1, 0.15) is 38.7 Å². The van der Waals surface area contributed by atoms with E-state index in [2.05, 4.69) is 10.4 Å². The fraction of sp³-hybridized carbons (Fsp3) is 0.455. The molecule has 7 nitrogen and oxygen atoms in total. The number of aliphatic imine (C=N–C) groups is 1. The maximum atomic E-state index is 12.9. The molecular formula is C22H28ClN3O4. The Morgan fingerprint density at radius 2 is 1.97 bits per heavy atom. The van der Waals surface area contributed by atoms with Crippen LogP contribution >= 0.6 is 11.6 Å². The summed E-state index contributed by atoms with van der Waals surface area (Å²) in [6.45, 7) is 4.21. The van der Waals surface area contributed by atoms with Gasteiger partial charge in [-0.3, -0.25) is 24.8 Å². The van der Waals surface area contributed by atoms with Gasteiger partial charge in [-0.2, -0.15) is 0 Å². The molecule has 0 fully saturated rings. The first kappa shape index (κ1) is 23.6. The highest BCUT2D eigenvalue weighted by Gasteiger charge is 2.27. The van der Waals surface area contributed by atoms with Crippen LogP contribution in [0.25, 0.3) is 0 Å². The molecule has 30 heavy (non-hydrogen) atoms. The van der Waals surface area contributed by atoms with Gasteiger partial charge in [0.2, 0.25) is 5.91 Å². The molecule has 0 spiro atoms. The summed E-state index contributed by atoms with van der Waals surface area (Å²) in [6, 6.07) is 9.34. The Morgan fingerprint density at radius 1 is 1.23 bits per heavy atom. The van der Waals surface area contributed by atoms with Crippen molar-refractivity contribution < 1.29 is 19.1 Å². The number of ether oxygens (including phenoxy) is 1. The summed E-state index contributed by atoms with van der Waals surface area (Å²) in [5.41, 5.74) is 4.17. The number of hydrogen-bond acceptors (Lipinski definition) is 5. The molecule has 1 aliphatic rings. The van der Waals surface area contributed by atoms with Crippen molar-refractivity contribution in [3.63, 3.8) is 0 Å². The van der Waals surface area contributed by atoms with E-state index in [-0.39, 0.29) is 31.4 Å². The topological polar surface area (TPSA) is 88.1 Å². The molecule has 2 amide bonds. The highest BCUT2D eigenvalue weighted by Crippen LogP contribution is 2.18. The van der Waals surface area contributed by atoms with E-state index < -0.39 is 23.7 Å². The van der Waals surface area contributed by atoms with Gasteiger partial charge >= 0.3 is 5.97 Å². The lowest BCUT2D eigenvalue weighted by Gasteiger charge is -2.26. The van der Waals surface area contributed by atoms with Gasteiger partial charge in [0.1, 0.15) is 12.5 Å². The molecule has 1 N–H and O–H groups in total. The zero-order chi connectivity index (χ0) is 21.9. The Hall–Kier alpha value is -2.67. The average Bonchev–Trinajstić information content (AvgIpc) is 3.24. The number of amides is 2. The second-order valence-electron chi connectivity index (χ2n) is 7.51. The van der Waals surface area contributed by atoms with Gasteiger partial charge in [-0.05, 0) is 17.9 Å². The van der Waals surface area contributed by atoms with Gasteiger partial charge in [-0.15, -0.1) is 11.6 Å². The SMILES string of the molecule is CC(C)C[C@H](CC(=O)OCc1ccccc1)C(=O)NN(CC1=CCC=N1)C(=O)CCl. The highest BCUT2D eigenvalue weighted by atomic mass is 35.5. The Kier molecular flexibility index (Phi) is 9.54. The van der Waals surface area contributed by atoms with Gasteiger partial charge in [0.05, 0.1) is 24.6 Å². The molecule has 0 radical (unpaired) electrons. The van der Waals surface area contributed by atoms with Crippen LogP contribution in [-0.4, -0.2) is 41.4 Å². The standard InChI is InChI=1S/C22H28ClN3O4/c1-16(2)11-18(12-21(28)30-15-17-7-4-3-5-8-17)22(29)25-26(20(27)13-23)14-19-9-6-10-24-19/h3-5,7-10,16,18H,6,11-15H2,1-2H3,(H,25,29)/t18-/m1/s1. The molecule has 0 aliphatic carbocycles. The number of nitrogens with zero attached hydrogens (tertiary/aromatic N) is 2. The van der Waals surface area contributed by atoms with E-state index in [4.69, 9.17) is 16.3 Å². The van der Waals surface area contributed by atoms with E-state index in [1.807, 2.05) is 50.3 Å². The van der Waals surface area contributed by atoms with Crippen LogP contribution in [0, 0.1) is 11.8 Å². The number of esters is 1. The predicted molar refractivity (Wildman–Crippen MR) is 116 cm³/mol. The summed E-state index contributed by atoms with van der Waals surface area (Å²) in [7, 11) is 0. The summed E-state index contributed by atoms with van der Waals surface area (Å²) in [5, 5.41) is 1.16. The molecule has 2 rings (SSSR count). The highest BCUT2D eigenvalue weighted by molar-refractivity contribution is 6.27. The van der Waals surface area contributed by atoms with Crippen molar-refractivity contribution in [1.82, 2.24) is 10.4 Å². The van der Waals surface area contributed by atoms with E-state index in [1.165, 1.54) is 0 Å². The number of benzene rings is 1. The Bertz CT molecular complexity index is 793. The largest absolute Gasteiger partial charge is 0.461 e. The number of nitrogens with one attached hydrogen (secondary N) is 1. The first-order valence-corrected chi connectivity index (χ1v) is 10.5. The Balaban J connectivity index is 1.98. The van der Waals surface area contributed by atoms with Crippen LogP contribution in [0.2, 0.25) is 0 Å². The monoisotopic (exact) mass is 433 g/mol. The molecule has 1 atom stereocenters. The molecule has 1 aliphatic heterocycles. The molecule has 0 saturated heterocycles. The molecule has 0 bridgehead atoms. The maximum absolute atomic E-state index is 12.9. The van der Waals surface area contributed by atoms with E-state index >= 15 is 0 Å². The minimum atomic E-state index is -0.625. The zero-order valence-electron chi connectivity index (χ0n) is 17.3. The molecule has 0 aromatic heterocycles. The Labute approximate surface area is 182 Å². The van der Waals surface area contributed by atoms with Crippen molar-refractivity contribution in [3.8, 4) is 0 Å². The second kappa shape index (κ2) is 12.1. The lowest BCUT2D eigenvalue weighted by Crippen LogP contribution is -2.50. The number of carbonyl (C=O) groups excluding carboxylic acids is 3. The minimum Gasteiger partial charge on any atom is -0.461 e. The summed E-state index contributed by atoms with van der Waals surface area (Å²) in [5.74, 6) is -2.03. The lowest BCUT2D eigenvalue weighted by atomic mass is 9.93. The minimum absolute atomic E-state index is 0.0688. The van der Waals surface area contributed by atoms with Gasteiger partial charge in [0, 0.05) is 12.6 Å². The number of allylic oxidation sites excluding steroid dienone is 1. The predicted octanol–water partition coefficient (Wildman–Crippen LogP) is 3.24. The number of hydrogen-bond donors (Lipinski definition) is 1. The Morgan fingerprint density at radius 3 is 2.57 bits per heavy atom. The van der Waals surface area contributed by atoms with Crippen LogP contribution in [0.15, 0.2) is 47.1 Å². The number of rotatable bonds is 10. The van der Waals surface area contributed by atoms with Crippen LogP contribution in [0.5, 0.6) is 0 Å². The maximum Gasteiger partial charge on any atom is 0.306 e. The van der Waals surface area contributed by atoms with E-state index in [1.54, 1.807) is 6.21 Å². The van der Waals surface area contributed by atoms with Crippen molar-refractivity contribution in [1.29, 1.82) is 0 Å². The number of carbonyl (C=O) groups is 3. The fourth-order valence-corrected chi connectivity index (χ4v) is 3.16. The second-order valence-corrected chi connectivity index (χ2v) is 7.78. The summed E-state index contributed by atoms with van der Waals surface area (Å²) < 4.78 is 5.32. The molecule has 8 heteroatoms. The van der Waals surface area contributed by atoms with E-state index in [0.717, 1.165) is 10.6 Å². The quantitative estimate of drug-likeness (QED) is 0.348. The molecule has 162 valence electrons. The third-order valence-electron chi connectivity index (χ3n) is 4.48. The van der Waals surface area contributed by atoms with Gasteiger partial charge in [-0.1, -0.05) is 50.3 Å². The number of halogens is 1. The fourth-order valence-electron chi connectivity index (χ4n) is 3.02. The first-order valence-electron chi connectivity index (χ1n) is 9.97. The van der Waals surface area contributed by atoms with Crippen molar-refractivity contribution in [2.24, 2.45) is 16.8 Å². The average molecular weight is 434 g/mol. The van der Waals surface area contributed by atoms with Crippen molar-refractivity contribution >= 4 is 35.6 Å². The normalized spacial score (nSPS) is 13.7. The van der Waals surface area contributed by atoms with Crippen LogP contribution in [0.3, 0.4) is 0 Å². The molecular weight excluding hydrogens is 406 g/mol. The third kappa shape index (κ3) is 7.99. The molecule has 0 unspecified atom stereocenters. The third-order valence-corrected chi connectivity index (χ3v) is 4.71. The lowest BCUT2D eigenvalue weighted by molar-refractivity contribution is -0.150. The van der Waals surface area contributed by atoms with Gasteiger partial charge in [0.25, 0.3) is 5.91 Å². The summed E-state index contributed by atoms with van der Waals surface area (Å²) in [6.07, 6.45) is 4.70. The summed E-state index contributed by atoms with van der Waals surface area (Å²) >= 11 is 5.69. The number of hydrazine groups is 1. The molecule has 1 aromatic carbocycles. The van der Waals surface area contributed by atoms with Crippen LogP contribution in [-0.2, 0) is 25.7 Å². The first-order chi connectivity index (χ1) is 14.4. The smallest absolute Gasteiger partial charge is 0.306 e. The molecule has 1 heterocycles. The number of alkyl halides is 1. The van der Waals surface area contributed by atoms with Crippen molar-refractivity contribution in [2.45, 2.75) is 39.7 Å². The molecule has 0 saturated carbocycles. The van der Waals surface area contributed by atoms with Gasteiger partial charge in [0.15, 0.2) is 0 Å². The van der Waals surface area contributed by atoms with E-state index in [0.29, 0.717) is 18.5 Å². The zero-order valence-corrected chi connectivity index (χ0v) is 18.1. The van der Waals surface area contributed by atoms with E-state index in [9.17, 15) is 14.4 Å².